The van der Waals surface area contributed by atoms with Crippen LogP contribution in [-0.2, 0) is 14.6 Å². The van der Waals surface area contributed by atoms with Crippen LogP contribution in [0.2, 0.25) is 0 Å². The van der Waals surface area contributed by atoms with Gasteiger partial charge in [-0.2, -0.15) is 0 Å². The Labute approximate surface area is 123 Å². The van der Waals surface area contributed by atoms with Gasteiger partial charge in [-0.05, 0) is 46.1 Å². The molecule has 0 aliphatic heterocycles. The molecule has 1 N–H and O–H groups in total. The second-order valence-electron chi connectivity index (χ2n) is 6.26. The fourth-order valence-corrected chi connectivity index (χ4v) is 3.17. The second kappa shape index (κ2) is 6.43. The summed E-state index contributed by atoms with van der Waals surface area (Å²) in [5, 5.41) is 3.43. The summed E-state index contributed by atoms with van der Waals surface area (Å²) in [5.41, 5.74) is 0. The molecule has 0 spiro atoms. The van der Waals surface area contributed by atoms with Crippen LogP contribution in [0.3, 0.4) is 0 Å². The van der Waals surface area contributed by atoms with Crippen molar-refractivity contribution in [2.75, 3.05) is 19.8 Å². The highest BCUT2D eigenvalue weighted by molar-refractivity contribution is 7.92. The molecule has 20 heavy (non-hydrogen) atoms. The van der Waals surface area contributed by atoms with Crippen molar-refractivity contribution >= 4 is 15.7 Å². The van der Waals surface area contributed by atoms with Gasteiger partial charge in [0.15, 0.2) is 9.84 Å². The summed E-state index contributed by atoms with van der Waals surface area (Å²) in [7, 11) is -1.68. The number of hydrogen-bond acceptors (Lipinski definition) is 4. The first-order valence-corrected chi connectivity index (χ1v) is 9.20. The number of carbonyl (C=O) groups is 1. The molecule has 5 nitrogen and oxygen atoms in total. The van der Waals surface area contributed by atoms with Gasteiger partial charge in [-0.15, -0.1) is 0 Å². The highest BCUT2D eigenvalue weighted by atomic mass is 32.2. The van der Waals surface area contributed by atoms with E-state index in [0.717, 1.165) is 38.5 Å². The summed E-state index contributed by atoms with van der Waals surface area (Å²) in [6.45, 7) is 6.04. The van der Waals surface area contributed by atoms with Gasteiger partial charge in [-0.3, -0.25) is 4.79 Å². The van der Waals surface area contributed by atoms with E-state index in [1.807, 2.05) is 0 Å². The van der Waals surface area contributed by atoms with E-state index in [9.17, 15) is 13.2 Å². The molecular formula is C14H28N2O3S. The Morgan fingerprint density at radius 1 is 1.25 bits per heavy atom. The molecule has 0 aromatic rings. The van der Waals surface area contributed by atoms with Crippen molar-refractivity contribution in [1.82, 2.24) is 10.2 Å². The minimum absolute atomic E-state index is 0.151. The van der Waals surface area contributed by atoms with Crippen LogP contribution < -0.4 is 5.32 Å². The third-order valence-corrected chi connectivity index (χ3v) is 6.53. The van der Waals surface area contributed by atoms with Gasteiger partial charge >= 0.3 is 0 Å². The third kappa shape index (κ3) is 3.73. The first kappa shape index (κ1) is 17.4. The molecule has 1 saturated carbocycles. The van der Waals surface area contributed by atoms with Gasteiger partial charge in [-0.1, -0.05) is 6.92 Å². The molecule has 0 atom stereocenters. The Balaban J connectivity index is 2.68. The van der Waals surface area contributed by atoms with Gasteiger partial charge < -0.3 is 10.2 Å². The van der Waals surface area contributed by atoms with Gasteiger partial charge in [-0.25, -0.2) is 8.42 Å². The number of nitrogens with one attached hydrogen (secondary N) is 1. The van der Waals surface area contributed by atoms with Crippen LogP contribution in [0.25, 0.3) is 0 Å². The number of carbonyl (C=O) groups excluding carboxylic acids is 1. The zero-order chi connectivity index (χ0) is 15.6. The predicted octanol–water partition coefficient (Wildman–Crippen LogP) is 1.19. The van der Waals surface area contributed by atoms with Crippen molar-refractivity contribution in [3.8, 4) is 0 Å². The lowest BCUT2D eigenvalue weighted by Crippen LogP contribution is -2.52. The van der Waals surface area contributed by atoms with E-state index in [0.29, 0.717) is 6.04 Å². The van der Waals surface area contributed by atoms with Gasteiger partial charge in [0.1, 0.15) is 4.75 Å². The van der Waals surface area contributed by atoms with E-state index < -0.39 is 14.6 Å². The topological polar surface area (TPSA) is 66.5 Å². The molecule has 0 saturated heterocycles. The largest absolute Gasteiger partial charge is 0.341 e. The van der Waals surface area contributed by atoms with E-state index in [4.69, 9.17) is 0 Å². The standard InChI is InChI=1S/C14H28N2O3S/c1-6-15-11-7-9-12(10-8-11)16(4)13(17)14(2,3)20(5,18)19/h11-12,15H,6-10H2,1-5H3. The van der Waals surface area contributed by atoms with Crippen LogP contribution in [-0.4, -0.2) is 55.9 Å². The van der Waals surface area contributed by atoms with Crippen molar-refractivity contribution < 1.29 is 13.2 Å². The molecule has 0 aromatic carbocycles. The Morgan fingerprint density at radius 3 is 2.15 bits per heavy atom. The minimum Gasteiger partial charge on any atom is -0.341 e. The van der Waals surface area contributed by atoms with Gasteiger partial charge in [0.2, 0.25) is 5.91 Å². The molecule has 0 aromatic heterocycles. The summed E-state index contributed by atoms with van der Waals surface area (Å²) in [4.78, 5) is 14.1. The first-order valence-electron chi connectivity index (χ1n) is 7.31. The van der Waals surface area contributed by atoms with E-state index >= 15 is 0 Å². The zero-order valence-electron chi connectivity index (χ0n) is 13.3. The second-order valence-corrected chi connectivity index (χ2v) is 8.83. The number of sulfone groups is 1. The Bertz CT molecular complexity index is 437. The van der Waals surface area contributed by atoms with Crippen LogP contribution in [0.15, 0.2) is 0 Å². The van der Waals surface area contributed by atoms with Crippen molar-refractivity contribution in [3.05, 3.63) is 0 Å². The molecule has 0 unspecified atom stereocenters. The molecule has 118 valence electrons. The van der Waals surface area contributed by atoms with Crippen LogP contribution in [0, 0.1) is 0 Å². The van der Waals surface area contributed by atoms with Crippen LogP contribution in [0.5, 0.6) is 0 Å². The third-order valence-electron chi connectivity index (χ3n) is 4.50. The van der Waals surface area contributed by atoms with Gasteiger partial charge in [0.25, 0.3) is 0 Å². The minimum atomic E-state index is -3.41. The smallest absolute Gasteiger partial charge is 0.243 e. The lowest BCUT2D eigenvalue weighted by Gasteiger charge is -2.38. The summed E-state index contributed by atoms with van der Waals surface area (Å²) >= 11 is 0. The molecule has 1 aliphatic carbocycles. The number of nitrogens with zero attached hydrogens (tertiary/aromatic N) is 1. The maximum absolute atomic E-state index is 12.4. The number of amides is 1. The SMILES string of the molecule is CCNC1CCC(N(C)C(=O)C(C)(C)S(C)(=O)=O)CC1. The molecular weight excluding hydrogens is 276 g/mol. The van der Waals surface area contributed by atoms with Crippen LogP contribution in [0.4, 0.5) is 0 Å². The summed E-state index contributed by atoms with van der Waals surface area (Å²) in [6.07, 6.45) is 5.06. The van der Waals surface area contributed by atoms with E-state index in [2.05, 4.69) is 12.2 Å². The zero-order valence-corrected chi connectivity index (χ0v) is 14.1. The lowest BCUT2D eigenvalue weighted by molar-refractivity contribution is -0.134. The molecule has 0 bridgehead atoms. The maximum atomic E-state index is 12.4. The van der Waals surface area contributed by atoms with Crippen molar-refractivity contribution in [2.24, 2.45) is 0 Å². The highest BCUT2D eigenvalue weighted by Gasteiger charge is 2.42. The first-order chi connectivity index (χ1) is 9.11. The van der Waals surface area contributed by atoms with E-state index in [1.54, 1.807) is 11.9 Å². The average Bonchev–Trinajstić information content (AvgIpc) is 2.37. The Kier molecular flexibility index (Phi) is 5.61. The summed E-state index contributed by atoms with van der Waals surface area (Å²) in [5.74, 6) is -0.299. The lowest BCUT2D eigenvalue weighted by atomic mass is 9.90. The molecule has 1 rings (SSSR count). The van der Waals surface area contributed by atoms with Crippen molar-refractivity contribution in [1.29, 1.82) is 0 Å². The van der Waals surface area contributed by atoms with E-state index in [-0.39, 0.29) is 11.9 Å². The predicted molar refractivity (Wildman–Crippen MR) is 81.4 cm³/mol. The fraction of sp³-hybridized carbons (Fsp3) is 0.929. The molecule has 1 amide bonds. The summed E-state index contributed by atoms with van der Waals surface area (Å²) in [6, 6.07) is 0.682. The van der Waals surface area contributed by atoms with Crippen LogP contribution >= 0.6 is 0 Å². The average molecular weight is 304 g/mol. The quantitative estimate of drug-likeness (QED) is 0.828. The van der Waals surface area contributed by atoms with Crippen molar-refractivity contribution in [2.45, 2.75) is 63.3 Å². The van der Waals surface area contributed by atoms with Gasteiger partial charge in [0, 0.05) is 25.4 Å². The molecule has 1 fully saturated rings. The highest BCUT2D eigenvalue weighted by Crippen LogP contribution is 2.26. The van der Waals surface area contributed by atoms with E-state index in [1.165, 1.54) is 13.8 Å². The molecule has 1 aliphatic rings. The van der Waals surface area contributed by atoms with Crippen molar-refractivity contribution in [3.63, 3.8) is 0 Å². The number of hydrogen-bond donors (Lipinski definition) is 1. The molecule has 6 heteroatoms. The Hall–Kier alpha value is -0.620. The Morgan fingerprint density at radius 2 is 1.75 bits per heavy atom. The molecule has 0 radical (unpaired) electrons. The summed E-state index contributed by atoms with van der Waals surface area (Å²) < 4.78 is 22.2. The van der Waals surface area contributed by atoms with Crippen LogP contribution in [0.1, 0.15) is 46.5 Å². The molecule has 0 heterocycles. The monoisotopic (exact) mass is 304 g/mol. The normalized spacial score (nSPS) is 24.4. The van der Waals surface area contributed by atoms with Gasteiger partial charge in [0.05, 0.1) is 0 Å². The maximum Gasteiger partial charge on any atom is 0.243 e. The fourth-order valence-electron chi connectivity index (χ4n) is 2.71. The number of rotatable bonds is 5.